The topological polar surface area (TPSA) is 62.2 Å². The van der Waals surface area contributed by atoms with Crippen molar-refractivity contribution >= 4 is 5.91 Å². The molecule has 1 heterocycles. The zero-order valence-corrected chi connectivity index (χ0v) is 10.3. The molecule has 5 heteroatoms. The van der Waals surface area contributed by atoms with Crippen LogP contribution in [0.15, 0.2) is 42.6 Å². The maximum atomic E-state index is 12.9. The van der Waals surface area contributed by atoms with E-state index in [1.54, 1.807) is 31.2 Å². The van der Waals surface area contributed by atoms with Crippen LogP contribution in [-0.2, 0) is 0 Å². The third kappa shape index (κ3) is 3.28. The Morgan fingerprint density at radius 3 is 2.84 bits per heavy atom. The average molecular weight is 260 g/mol. The molecule has 0 aliphatic rings. The van der Waals surface area contributed by atoms with E-state index in [0.29, 0.717) is 0 Å². The van der Waals surface area contributed by atoms with Gasteiger partial charge in [0.05, 0.1) is 6.04 Å². The van der Waals surface area contributed by atoms with Gasteiger partial charge in [0, 0.05) is 17.8 Å². The number of benzene rings is 1. The van der Waals surface area contributed by atoms with Crippen molar-refractivity contribution in [3.05, 3.63) is 59.7 Å². The summed E-state index contributed by atoms with van der Waals surface area (Å²) in [6, 6.07) is 8.82. The molecule has 0 aliphatic heterocycles. The van der Waals surface area contributed by atoms with Gasteiger partial charge in [-0.15, -0.1) is 0 Å². The lowest BCUT2D eigenvalue weighted by Crippen LogP contribution is -2.26. The van der Waals surface area contributed by atoms with Crippen LogP contribution in [0.3, 0.4) is 0 Å². The smallest absolute Gasteiger partial charge is 0.251 e. The van der Waals surface area contributed by atoms with Crippen molar-refractivity contribution in [2.24, 2.45) is 0 Å². The van der Waals surface area contributed by atoms with Gasteiger partial charge in [0.15, 0.2) is 0 Å². The van der Waals surface area contributed by atoms with E-state index in [1.165, 1.54) is 12.3 Å². The van der Waals surface area contributed by atoms with Crippen molar-refractivity contribution in [1.29, 1.82) is 0 Å². The molecule has 2 rings (SSSR count). The Bertz CT molecular complexity index is 602. The lowest BCUT2D eigenvalue weighted by Gasteiger charge is -2.14. The molecular formula is C14H13FN2O2. The Morgan fingerprint density at radius 1 is 1.37 bits per heavy atom. The second-order valence-corrected chi connectivity index (χ2v) is 4.16. The standard InChI is InChI=1S/C14H13FN2O2/c1-9(10-3-2-4-12(18)7-10)17-14(19)11-5-6-16-13(15)8-11/h2-9,18H,1H3,(H,17,19). The molecule has 0 spiro atoms. The van der Waals surface area contributed by atoms with E-state index in [-0.39, 0.29) is 17.4 Å². The zero-order valence-electron chi connectivity index (χ0n) is 10.3. The first-order chi connectivity index (χ1) is 9.06. The van der Waals surface area contributed by atoms with Gasteiger partial charge in [-0.05, 0) is 30.7 Å². The number of amides is 1. The number of aromatic nitrogens is 1. The van der Waals surface area contributed by atoms with Crippen molar-refractivity contribution in [3.8, 4) is 5.75 Å². The number of aromatic hydroxyl groups is 1. The number of phenolic OH excluding ortho intramolecular Hbond substituents is 1. The number of carbonyl (C=O) groups is 1. The number of nitrogens with zero attached hydrogens (tertiary/aromatic N) is 1. The summed E-state index contributed by atoms with van der Waals surface area (Å²) in [7, 11) is 0. The summed E-state index contributed by atoms with van der Waals surface area (Å²) in [5.74, 6) is -0.955. The maximum Gasteiger partial charge on any atom is 0.251 e. The van der Waals surface area contributed by atoms with Crippen molar-refractivity contribution in [3.63, 3.8) is 0 Å². The highest BCUT2D eigenvalue weighted by molar-refractivity contribution is 5.94. The van der Waals surface area contributed by atoms with Gasteiger partial charge in [-0.2, -0.15) is 4.39 Å². The van der Waals surface area contributed by atoms with Crippen LogP contribution in [0.4, 0.5) is 4.39 Å². The first kappa shape index (κ1) is 13.0. The maximum absolute atomic E-state index is 12.9. The van der Waals surface area contributed by atoms with E-state index < -0.39 is 11.9 Å². The van der Waals surface area contributed by atoms with E-state index in [4.69, 9.17) is 0 Å². The van der Waals surface area contributed by atoms with Gasteiger partial charge < -0.3 is 10.4 Å². The van der Waals surface area contributed by atoms with E-state index in [9.17, 15) is 14.3 Å². The monoisotopic (exact) mass is 260 g/mol. The Hall–Kier alpha value is -2.43. The molecule has 4 nitrogen and oxygen atoms in total. The SMILES string of the molecule is CC(NC(=O)c1ccnc(F)c1)c1cccc(O)c1. The Morgan fingerprint density at radius 2 is 2.16 bits per heavy atom. The first-order valence-corrected chi connectivity index (χ1v) is 5.77. The molecule has 19 heavy (non-hydrogen) atoms. The second-order valence-electron chi connectivity index (χ2n) is 4.16. The lowest BCUT2D eigenvalue weighted by atomic mass is 10.1. The molecule has 98 valence electrons. The number of phenols is 1. The highest BCUT2D eigenvalue weighted by Crippen LogP contribution is 2.18. The number of hydrogen-bond donors (Lipinski definition) is 2. The summed E-state index contributed by atoms with van der Waals surface area (Å²) < 4.78 is 12.9. The van der Waals surface area contributed by atoms with Crippen molar-refractivity contribution in [2.75, 3.05) is 0 Å². The number of pyridine rings is 1. The Kier molecular flexibility index (Phi) is 3.75. The molecule has 0 fully saturated rings. The number of nitrogens with one attached hydrogen (secondary N) is 1. The van der Waals surface area contributed by atoms with Crippen LogP contribution >= 0.6 is 0 Å². The number of carbonyl (C=O) groups excluding carboxylic acids is 1. The minimum atomic E-state index is -0.697. The minimum Gasteiger partial charge on any atom is -0.508 e. The average Bonchev–Trinajstić information content (AvgIpc) is 2.38. The van der Waals surface area contributed by atoms with Crippen LogP contribution < -0.4 is 5.32 Å². The van der Waals surface area contributed by atoms with Crippen molar-refractivity contribution < 1.29 is 14.3 Å². The Labute approximate surface area is 109 Å². The van der Waals surface area contributed by atoms with Crippen LogP contribution in [0.2, 0.25) is 0 Å². The fourth-order valence-electron chi connectivity index (χ4n) is 1.70. The third-order valence-corrected chi connectivity index (χ3v) is 2.71. The zero-order chi connectivity index (χ0) is 13.8. The summed E-state index contributed by atoms with van der Waals surface area (Å²) >= 11 is 0. The van der Waals surface area contributed by atoms with E-state index >= 15 is 0 Å². The van der Waals surface area contributed by atoms with E-state index in [0.717, 1.165) is 11.6 Å². The van der Waals surface area contributed by atoms with E-state index in [2.05, 4.69) is 10.3 Å². The van der Waals surface area contributed by atoms with Crippen molar-refractivity contribution in [1.82, 2.24) is 10.3 Å². The van der Waals surface area contributed by atoms with Crippen LogP contribution in [0.5, 0.6) is 5.75 Å². The molecule has 0 saturated heterocycles. The molecule has 1 aromatic heterocycles. The number of hydrogen-bond acceptors (Lipinski definition) is 3. The molecule has 2 N–H and O–H groups in total. The fraction of sp³-hybridized carbons (Fsp3) is 0.143. The van der Waals surface area contributed by atoms with Gasteiger partial charge in [0.25, 0.3) is 5.91 Å². The quantitative estimate of drug-likeness (QED) is 0.833. The third-order valence-electron chi connectivity index (χ3n) is 2.71. The lowest BCUT2D eigenvalue weighted by molar-refractivity contribution is 0.0939. The largest absolute Gasteiger partial charge is 0.508 e. The molecule has 0 saturated carbocycles. The van der Waals surface area contributed by atoms with Crippen LogP contribution in [0, 0.1) is 5.95 Å². The van der Waals surface area contributed by atoms with Gasteiger partial charge in [0.1, 0.15) is 5.75 Å². The Balaban J connectivity index is 2.11. The number of halogens is 1. The fourth-order valence-corrected chi connectivity index (χ4v) is 1.70. The molecule has 1 atom stereocenters. The normalized spacial score (nSPS) is 11.9. The molecular weight excluding hydrogens is 247 g/mol. The van der Waals surface area contributed by atoms with Gasteiger partial charge in [-0.1, -0.05) is 12.1 Å². The highest BCUT2D eigenvalue weighted by atomic mass is 19.1. The van der Waals surface area contributed by atoms with Gasteiger partial charge in [-0.25, -0.2) is 4.98 Å². The molecule has 0 aliphatic carbocycles. The molecule has 1 unspecified atom stereocenters. The van der Waals surface area contributed by atoms with Gasteiger partial charge in [0.2, 0.25) is 5.95 Å². The molecule has 2 aromatic rings. The summed E-state index contributed by atoms with van der Waals surface area (Å²) in [4.78, 5) is 15.3. The molecule has 0 radical (unpaired) electrons. The first-order valence-electron chi connectivity index (χ1n) is 5.77. The van der Waals surface area contributed by atoms with Crippen LogP contribution in [-0.4, -0.2) is 16.0 Å². The minimum absolute atomic E-state index is 0.133. The van der Waals surface area contributed by atoms with Gasteiger partial charge in [-0.3, -0.25) is 4.79 Å². The predicted octanol–water partition coefficient (Wildman–Crippen LogP) is 2.42. The van der Waals surface area contributed by atoms with Crippen LogP contribution in [0.1, 0.15) is 28.9 Å². The predicted molar refractivity (Wildman–Crippen MR) is 68.2 cm³/mol. The van der Waals surface area contributed by atoms with Crippen molar-refractivity contribution in [2.45, 2.75) is 13.0 Å². The summed E-state index contributed by atoms with van der Waals surface area (Å²) in [6.07, 6.45) is 1.24. The summed E-state index contributed by atoms with van der Waals surface area (Å²) in [5, 5.41) is 12.1. The van der Waals surface area contributed by atoms with Gasteiger partial charge >= 0.3 is 0 Å². The summed E-state index contributed by atoms with van der Waals surface area (Å²) in [5.41, 5.74) is 0.974. The molecule has 1 aromatic carbocycles. The van der Waals surface area contributed by atoms with Crippen LogP contribution in [0.25, 0.3) is 0 Å². The summed E-state index contributed by atoms with van der Waals surface area (Å²) in [6.45, 7) is 1.78. The second kappa shape index (κ2) is 5.48. The molecule has 0 bridgehead atoms. The van der Waals surface area contributed by atoms with E-state index in [1.807, 2.05) is 0 Å². The molecule has 1 amide bonds. The number of rotatable bonds is 3. The highest BCUT2D eigenvalue weighted by Gasteiger charge is 2.12.